The highest BCUT2D eigenvalue weighted by atomic mass is 32.2. The van der Waals surface area contributed by atoms with Crippen LogP contribution in [0.5, 0.6) is 0 Å². The van der Waals surface area contributed by atoms with E-state index in [0.29, 0.717) is 32.1 Å². The summed E-state index contributed by atoms with van der Waals surface area (Å²) in [5.74, 6) is -2.95. The summed E-state index contributed by atoms with van der Waals surface area (Å²) >= 11 is 0. The average Bonchev–Trinajstić information content (AvgIpc) is 3.01. The minimum absolute atomic E-state index is 0.00955. The second-order valence-electron chi connectivity index (χ2n) is 11.5. The summed E-state index contributed by atoms with van der Waals surface area (Å²) < 4.78 is 35.7. The summed E-state index contributed by atoms with van der Waals surface area (Å²) in [4.78, 5) is 36.8. The zero-order chi connectivity index (χ0) is 26.0. The molecular weight excluding hydrogens is 476 g/mol. The van der Waals surface area contributed by atoms with Gasteiger partial charge in [-0.25, -0.2) is 0 Å². The number of ether oxygens (including phenoxy) is 1. The van der Waals surface area contributed by atoms with Gasteiger partial charge in [-0.3, -0.25) is 18.6 Å². The Morgan fingerprint density at radius 1 is 1.23 bits per heavy atom. The molecule has 0 spiro atoms. The highest BCUT2D eigenvalue weighted by Gasteiger charge is 2.69. The van der Waals surface area contributed by atoms with Gasteiger partial charge in [0.15, 0.2) is 5.78 Å². The fourth-order valence-electron chi connectivity index (χ4n) is 8.17. The Morgan fingerprint density at radius 3 is 2.51 bits per heavy atom. The summed E-state index contributed by atoms with van der Waals surface area (Å²) in [6, 6.07) is 0. The number of carbonyl (C=O) groups excluding carboxylic acids is 2. The fraction of sp³-hybridized carbons (Fsp3) is 0.800. The van der Waals surface area contributed by atoms with Crippen LogP contribution in [0, 0.1) is 34.5 Å². The van der Waals surface area contributed by atoms with Crippen molar-refractivity contribution in [1.29, 1.82) is 0 Å². The van der Waals surface area contributed by atoms with Crippen LogP contribution < -0.4 is 0 Å². The number of methoxy groups -OCH3 is 1. The van der Waals surface area contributed by atoms with Crippen LogP contribution in [-0.4, -0.2) is 61.4 Å². The van der Waals surface area contributed by atoms with Gasteiger partial charge in [-0.2, -0.15) is 8.42 Å². The lowest BCUT2D eigenvalue weighted by molar-refractivity contribution is -0.188. The molecule has 4 aliphatic carbocycles. The van der Waals surface area contributed by atoms with E-state index in [-0.39, 0.29) is 42.8 Å². The molecule has 9 nitrogen and oxygen atoms in total. The van der Waals surface area contributed by atoms with Crippen molar-refractivity contribution in [1.82, 2.24) is 0 Å². The van der Waals surface area contributed by atoms with E-state index in [1.807, 2.05) is 13.8 Å². The van der Waals surface area contributed by atoms with Crippen molar-refractivity contribution in [3.63, 3.8) is 0 Å². The van der Waals surface area contributed by atoms with E-state index < -0.39 is 50.5 Å². The quantitative estimate of drug-likeness (QED) is 0.405. The first-order chi connectivity index (χ1) is 16.1. The Balaban J connectivity index is 1.88. The zero-order valence-electron chi connectivity index (χ0n) is 20.8. The molecule has 0 aromatic heterocycles. The number of ketones is 1. The molecule has 4 aliphatic rings. The maximum Gasteiger partial charge on any atom is 0.309 e. The van der Waals surface area contributed by atoms with Crippen molar-refractivity contribution in [3.8, 4) is 0 Å². The largest absolute Gasteiger partial charge is 0.481 e. The molecule has 10 heteroatoms. The predicted octanol–water partition coefficient (Wildman–Crippen LogP) is 2.47. The number of esters is 1. The Hall–Kier alpha value is -1.78. The van der Waals surface area contributed by atoms with E-state index in [1.165, 1.54) is 7.11 Å². The molecule has 0 unspecified atom stereocenters. The summed E-state index contributed by atoms with van der Waals surface area (Å²) in [5.41, 5.74) is -1.90. The molecule has 4 rings (SSSR count). The maximum absolute atomic E-state index is 13.1. The van der Waals surface area contributed by atoms with E-state index in [4.69, 9.17) is 8.92 Å². The van der Waals surface area contributed by atoms with Crippen molar-refractivity contribution < 1.29 is 41.9 Å². The number of aliphatic hydroxyl groups is 1. The van der Waals surface area contributed by atoms with Gasteiger partial charge < -0.3 is 14.9 Å². The van der Waals surface area contributed by atoms with E-state index in [9.17, 15) is 33.0 Å². The third-order valence-corrected chi connectivity index (χ3v) is 10.4. The van der Waals surface area contributed by atoms with Crippen LogP contribution in [0.25, 0.3) is 0 Å². The Bertz CT molecular complexity index is 1060. The van der Waals surface area contributed by atoms with E-state index >= 15 is 0 Å². The van der Waals surface area contributed by atoms with Crippen molar-refractivity contribution >= 4 is 27.8 Å². The van der Waals surface area contributed by atoms with Gasteiger partial charge in [0.2, 0.25) is 0 Å². The normalized spacial score (nSPS) is 42.9. The average molecular weight is 513 g/mol. The van der Waals surface area contributed by atoms with Crippen LogP contribution in [0.15, 0.2) is 11.6 Å². The second-order valence-corrected chi connectivity index (χ2v) is 13.1. The monoisotopic (exact) mass is 512 g/mol. The van der Waals surface area contributed by atoms with Crippen LogP contribution >= 0.6 is 0 Å². The molecule has 0 aliphatic heterocycles. The van der Waals surface area contributed by atoms with Crippen molar-refractivity contribution in [2.75, 3.05) is 13.4 Å². The number of fused-ring (bicyclic) bond motifs is 5. The van der Waals surface area contributed by atoms with Crippen molar-refractivity contribution in [2.24, 2.45) is 34.5 Å². The van der Waals surface area contributed by atoms with Gasteiger partial charge in [-0.15, -0.1) is 0 Å². The number of hydrogen-bond acceptors (Lipinski definition) is 8. The summed E-state index contributed by atoms with van der Waals surface area (Å²) in [5, 5.41) is 21.1. The van der Waals surface area contributed by atoms with Gasteiger partial charge in [0.05, 0.1) is 31.0 Å². The molecule has 35 heavy (non-hydrogen) atoms. The zero-order valence-corrected chi connectivity index (χ0v) is 21.6. The third-order valence-electron chi connectivity index (χ3n) is 9.81. The fourth-order valence-corrected chi connectivity index (χ4v) is 8.80. The maximum atomic E-state index is 13.1. The number of carboxylic acids is 1. The Labute approximate surface area is 206 Å². The minimum atomic E-state index is -3.89. The third kappa shape index (κ3) is 4.25. The lowest BCUT2D eigenvalue weighted by Gasteiger charge is -2.62. The molecular formula is C25H36O9S. The number of aliphatic carboxylic acids is 1. The molecule has 0 bridgehead atoms. The smallest absolute Gasteiger partial charge is 0.309 e. The van der Waals surface area contributed by atoms with Crippen LogP contribution in [0.2, 0.25) is 0 Å². The van der Waals surface area contributed by atoms with Crippen LogP contribution in [-0.2, 0) is 33.4 Å². The summed E-state index contributed by atoms with van der Waals surface area (Å²) in [6.07, 6.45) is 3.96. The van der Waals surface area contributed by atoms with Gasteiger partial charge in [0.1, 0.15) is 0 Å². The van der Waals surface area contributed by atoms with Crippen LogP contribution in [0.3, 0.4) is 0 Å². The molecule has 8 atom stereocenters. The second kappa shape index (κ2) is 8.66. The van der Waals surface area contributed by atoms with Gasteiger partial charge in [-0.1, -0.05) is 19.4 Å². The first-order valence-electron chi connectivity index (χ1n) is 12.3. The molecule has 0 aromatic carbocycles. The van der Waals surface area contributed by atoms with Crippen molar-refractivity contribution in [2.45, 2.75) is 76.9 Å². The van der Waals surface area contributed by atoms with E-state index in [0.717, 1.165) is 11.8 Å². The van der Waals surface area contributed by atoms with Crippen LogP contribution in [0.4, 0.5) is 0 Å². The number of carboxylic acid groups (broad SMARTS) is 1. The van der Waals surface area contributed by atoms with Gasteiger partial charge in [-0.05, 0) is 67.8 Å². The predicted molar refractivity (Wildman–Crippen MR) is 125 cm³/mol. The Kier molecular flexibility index (Phi) is 6.50. The van der Waals surface area contributed by atoms with E-state index in [1.54, 1.807) is 6.08 Å². The first kappa shape index (κ1) is 26.3. The van der Waals surface area contributed by atoms with E-state index in [2.05, 4.69) is 0 Å². The van der Waals surface area contributed by atoms with Crippen LogP contribution in [0.1, 0.15) is 65.2 Å². The molecule has 0 saturated heterocycles. The molecule has 0 amide bonds. The SMILES string of the molecule is COC(=O)[C@@H]1CC2=CC(=O)CC[C@]2(C)[C@@H]2[C@@H]1[C@@H]1CC[C@](O)(CCC(=O)O)[C@@]1(C)C[C@H]2OS(C)(=O)=O. The molecule has 0 aromatic rings. The molecule has 0 heterocycles. The first-order valence-corrected chi connectivity index (χ1v) is 14.1. The topological polar surface area (TPSA) is 144 Å². The standard InChI is InChI=1S/C25H36O9S/c1-23-8-5-15(26)11-14(23)12-16(22(29)33-3)20-17-6-9-25(30,10-7-19(27)28)24(17,2)13-18(21(20)23)34-35(4,31)32/h11,16-18,20-21,30H,5-10,12-13H2,1-4H3,(H,27,28)/t16-,17+,18-,20+,21+,23+,24+,25+/m1/s1. The molecule has 3 saturated carbocycles. The molecule has 2 N–H and O–H groups in total. The molecule has 3 fully saturated rings. The Morgan fingerprint density at radius 2 is 1.91 bits per heavy atom. The summed E-state index contributed by atoms with van der Waals surface area (Å²) in [7, 11) is -2.57. The highest BCUT2D eigenvalue weighted by molar-refractivity contribution is 7.86. The number of hydrogen-bond donors (Lipinski definition) is 2. The number of rotatable bonds is 6. The highest BCUT2D eigenvalue weighted by Crippen LogP contribution is 2.69. The lowest BCUT2D eigenvalue weighted by Crippen LogP contribution is -2.63. The molecule has 196 valence electrons. The minimum Gasteiger partial charge on any atom is -0.481 e. The van der Waals surface area contributed by atoms with Gasteiger partial charge >= 0.3 is 11.9 Å². The van der Waals surface area contributed by atoms with Crippen molar-refractivity contribution in [3.05, 3.63) is 11.6 Å². The molecule has 0 radical (unpaired) electrons. The van der Waals surface area contributed by atoms with Gasteiger partial charge in [0.25, 0.3) is 10.1 Å². The van der Waals surface area contributed by atoms with Gasteiger partial charge in [0, 0.05) is 18.3 Å². The summed E-state index contributed by atoms with van der Waals surface area (Å²) in [6.45, 7) is 3.91. The lowest BCUT2D eigenvalue weighted by atomic mass is 9.43. The number of carbonyl (C=O) groups is 3. The number of allylic oxidation sites excluding steroid dienone is 1.